The molecule has 0 N–H and O–H groups in total. The van der Waals surface area contributed by atoms with E-state index in [1.165, 1.54) is 12.8 Å². The van der Waals surface area contributed by atoms with Crippen LogP contribution in [0, 0.1) is 0 Å². The smallest absolute Gasteiger partial charge is 0.381 e. The molecule has 0 unspecified atom stereocenters. The summed E-state index contributed by atoms with van der Waals surface area (Å²) < 4.78 is 11.0. The maximum absolute atomic E-state index is 5.51. The summed E-state index contributed by atoms with van der Waals surface area (Å²) in [6, 6.07) is 0. The third-order valence-electron chi connectivity index (χ3n) is 1.61. The van der Waals surface area contributed by atoms with Crippen LogP contribution in [0.15, 0.2) is 0 Å². The molecule has 73 valence electrons. The zero-order valence-corrected chi connectivity index (χ0v) is 9.56. The minimum absolute atomic E-state index is 0.868. The van der Waals surface area contributed by atoms with Crippen molar-refractivity contribution in [3.05, 3.63) is 0 Å². The van der Waals surface area contributed by atoms with Gasteiger partial charge in [-0.2, -0.15) is 0 Å². The minimum atomic E-state index is -0.935. The van der Waals surface area contributed by atoms with Crippen molar-refractivity contribution in [2.24, 2.45) is 0 Å². The maximum atomic E-state index is 5.51. The molecule has 0 aliphatic rings. The van der Waals surface area contributed by atoms with Gasteiger partial charge in [-0.15, -0.1) is 0 Å². The molecule has 2 nitrogen and oxygen atoms in total. The summed E-state index contributed by atoms with van der Waals surface area (Å²) in [6.45, 7) is 8.14. The Kier molecular flexibility index (Phi) is 9.33. The van der Waals surface area contributed by atoms with Crippen LogP contribution in [-0.2, 0) is 8.85 Å². The highest BCUT2D eigenvalue weighted by atomic mass is 28.3. The molecule has 0 amide bonds. The Morgan fingerprint density at radius 1 is 0.917 bits per heavy atom. The van der Waals surface area contributed by atoms with E-state index in [0.29, 0.717) is 0 Å². The van der Waals surface area contributed by atoms with E-state index in [1.54, 1.807) is 0 Å². The van der Waals surface area contributed by atoms with Crippen LogP contribution in [0.4, 0.5) is 0 Å². The van der Waals surface area contributed by atoms with Gasteiger partial charge in [-0.25, -0.2) is 0 Å². The predicted octanol–water partition coefficient (Wildman–Crippen LogP) is 2.74. The fourth-order valence-corrected chi connectivity index (χ4v) is 1.71. The Hall–Kier alpha value is 0.137. The molecule has 0 spiro atoms. The number of rotatable bonds is 8. The lowest BCUT2D eigenvalue weighted by molar-refractivity contribution is 0.197. The monoisotopic (exact) mass is 189 g/mol. The molecule has 0 bridgehead atoms. The van der Waals surface area contributed by atoms with Crippen LogP contribution in [0.2, 0.25) is 6.55 Å². The molecule has 0 aromatic rings. The van der Waals surface area contributed by atoms with Crippen molar-refractivity contribution in [3.8, 4) is 0 Å². The van der Waals surface area contributed by atoms with Gasteiger partial charge in [0.1, 0.15) is 0 Å². The zero-order valence-electron chi connectivity index (χ0n) is 8.56. The molecular weight excluding hydrogens is 168 g/mol. The first-order chi connectivity index (χ1) is 5.81. The van der Waals surface area contributed by atoms with Crippen LogP contribution in [0.5, 0.6) is 0 Å². The van der Waals surface area contributed by atoms with Crippen molar-refractivity contribution in [2.45, 2.75) is 46.1 Å². The molecule has 1 radical (unpaired) electrons. The first-order valence-corrected chi connectivity index (χ1v) is 6.72. The lowest BCUT2D eigenvalue weighted by atomic mass is 10.4. The summed E-state index contributed by atoms with van der Waals surface area (Å²) >= 11 is 0. The van der Waals surface area contributed by atoms with Crippen molar-refractivity contribution in [3.63, 3.8) is 0 Å². The van der Waals surface area contributed by atoms with Crippen LogP contribution >= 0.6 is 0 Å². The van der Waals surface area contributed by atoms with Gasteiger partial charge in [-0.3, -0.25) is 0 Å². The molecule has 0 heterocycles. The fourth-order valence-electron chi connectivity index (χ4n) is 0.762. The Morgan fingerprint density at radius 3 is 1.67 bits per heavy atom. The topological polar surface area (TPSA) is 18.5 Å². The van der Waals surface area contributed by atoms with Crippen LogP contribution in [0.25, 0.3) is 0 Å². The molecular formula is C9H21O2Si. The summed E-state index contributed by atoms with van der Waals surface area (Å²) in [5.41, 5.74) is 0. The molecule has 0 fully saturated rings. The molecule has 0 atom stereocenters. The second kappa shape index (κ2) is 9.23. The van der Waals surface area contributed by atoms with E-state index in [1.807, 2.05) is 0 Å². The van der Waals surface area contributed by atoms with Gasteiger partial charge < -0.3 is 8.85 Å². The molecule has 0 rings (SSSR count). The van der Waals surface area contributed by atoms with Crippen molar-refractivity contribution < 1.29 is 8.85 Å². The van der Waals surface area contributed by atoms with Gasteiger partial charge in [0.25, 0.3) is 0 Å². The third kappa shape index (κ3) is 8.24. The highest BCUT2D eigenvalue weighted by Crippen LogP contribution is 1.95. The second-order valence-electron chi connectivity index (χ2n) is 2.90. The summed E-state index contributed by atoms with van der Waals surface area (Å²) in [5, 5.41) is 0. The summed E-state index contributed by atoms with van der Waals surface area (Å²) in [7, 11) is -0.935. The highest BCUT2D eigenvalue weighted by Gasteiger charge is 2.05. The Labute approximate surface area is 78.1 Å². The molecule has 3 heteroatoms. The molecule has 0 aromatic heterocycles. The summed E-state index contributed by atoms with van der Waals surface area (Å²) in [4.78, 5) is 0. The number of hydrogen-bond donors (Lipinski definition) is 0. The van der Waals surface area contributed by atoms with Crippen LogP contribution < -0.4 is 0 Å². The van der Waals surface area contributed by atoms with E-state index in [4.69, 9.17) is 8.85 Å². The van der Waals surface area contributed by atoms with E-state index in [2.05, 4.69) is 20.4 Å². The van der Waals surface area contributed by atoms with Crippen LogP contribution in [0.1, 0.15) is 39.5 Å². The van der Waals surface area contributed by atoms with Crippen molar-refractivity contribution in [1.82, 2.24) is 0 Å². The average molecular weight is 189 g/mol. The minimum Gasteiger partial charge on any atom is -0.394 e. The third-order valence-corrected chi connectivity index (χ3v) is 2.83. The normalized spacial score (nSPS) is 11.0. The number of hydrogen-bond acceptors (Lipinski definition) is 2. The Morgan fingerprint density at radius 2 is 1.33 bits per heavy atom. The SMILES string of the molecule is CCCCO[Si](C)OCCCC. The molecule has 0 aliphatic heterocycles. The van der Waals surface area contributed by atoms with Gasteiger partial charge in [0.2, 0.25) is 0 Å². The standard InChI is InChI=1S/C9H21O2Si/c1-4-6-8-10-12(3)11-9-7-5-2/h4-9H2,1-3H3. The van der Waals surface area contributed by atoms with E-state index >= 15 is 0 Å². The van der Waals surface area contributed by atoms with E-state index in [-0.39, 0.29) is 0 Å². The Bertz CT molecular complexity index is 78.6. The van der Waals surface area contributed by atoms with Crippen LogP contribution in [-0.4, -0.2) is 22.5 Å². The predicted molar refractivity (Wildman–Crippen MR) is 53.3 cm³/mol. The fraction of sp³-hybridized carbons (Fsp3) is 1.00. The maximum Gasteiger partial charge on any atom is 0.381 e. The molecule has 0 saturated heterocycles. The van der Waals surface area contributed by atoms with E-state index in [0.717, 1.165) is 26.1 Å². The summed E-state index contributed by atoms with van der Waals surface area (Å²) in [6.07, 6.45) is 4.70. The van der Waals surface area contributed by atoms with Crippen molar-refractivity contribution in [2.75, 3.05) is 13.2 Å². The van der Waals surface area contributed by atoms with Crippen molar-refractivity contribution in [1.29, 1.82) is 0 Å². The average Bonchev–Trinajstić information content (AvgIpc) is 2.06. The summed E-state index contributed by atoms with van der Waals surface area (Å²) in [5.74, 6) is 0. The van der Waals surface area contributed by atoms with Gasteiger partial charge in [-0.05, 0) is 19.4 Å². The van der Waals surface area contributed by atoms with E-state index < -0.39 is 9.28 Å². The van der Waals surface area contributed by atoms with Gasteiger partial charge in [0.05, 0.1) is 0 Å². The largest absolute Gasteiger partial charge is 0.394 e. The quantitative estimate of drug-likeness (QED) is 0.432. The van der Waals surface area contributed by atoms with E-state index in [9.17, 15) is 0 Å². The molecule has 12 heavy (non-hydrogen) atoms. The second-order valence-corrected chi connectivity index (χ2v) is 4.46. The zero-order chi connectivity index (χ0) is 9.23. The molecule has 0 saturated carbocycles. The highest BCUT2D eigenvalue weighted by molar-refractivity contribution is 6.42. The van der Waals surface area contributed by atoms with Gasteiger partial charge in [0.15, 0.2) is 0 Å². The van der Waals surface area contributed by atoms with Gasteiger partial charge in [-0.1, -0.05) is 26.7 Å². The Balaban J connectivity index is 3.04. The van der Waals surface area contributed by atoms with Crippen LogP contribution in [0.3, 0.4) is 0 Å². The van der Waals surface area contributed by atoms with Gasteiger partial charge >= 0.3 is 9.28 Å². The van der Waals surface area contributed by atoms with Crippen molar-refractivity contribution >= 4 is 9.28 Å². The van der Waals surface area contributed by atoms with Gasteiger partial charge in [0, 0.05) is 13.2 Å². The first kappa shape index (κ1) is 12.1. The number of unbranched alkanes of at least 4 members (excludes halogenated alkanes) is 2. The lowest BCUT2D eigenvalue weighted by Gasteiger charge is -2.10. The molecule has 0 aliphatic carbocycles. The molecule has 0 aromatic carbocycles. The first-order valence-electron chi connectivity index (χ1n) is 4.90. The lowest BCUT2D eigenvalue weighted by Crippen LogP contribution is -2.19.